The van der Waals surface area contributed by atoms with Crippen LogP contribution in [0.4, 0.5) is 0 Å². The summed E-state index contributed by atoms with van der Waals surface area (Å²) in [6.07, 6.45) is 7.41. The maximum Gasteiger partial charge on any atom is 0.0504 e. The minimum Gasteiger partial charge on any atom is -0.271 e. The van der Waals surface area contributed by atoms with Gasteiger partial charge in [0.2, 0.25) is 0 Å². The molecule has 1 heterocycles. The number of thiophene rings is 1. The number of nitrogens with one attached hydrogen (secondary N) is 1. The Bertz CT molecular complexity index is 439. The Morgan fingerprint density at radius 2 is 1.79 bits per heavy atom. The molecule has 4 aliphatic carbocycles. The predicted molar refractivity (Wildman–Crippen MR) is 79.7 cm³/mol. The van der Waals surface area contributed by atoms with Crippen molar-refractivity contribution in [1.82, 2.24) is 5.43 Å². The van der Waals surface area contributed by atoms with Crippen molar-refractivity contribution in [3.63, 3.8) is 0 Å². The lowest BCUT2D eigenvalue weighted by Gasteiger charge is -2.56. The summed E-state index contributed by atoms with van der Waals surface area (Å²) >= 11 is 1.85. The molecule has 0 amide bonds. The second-order valence-corrected chi connectivity index (χ2v) is 8.20. The second kappa shape index (κ2) is 4.57. The summed E-state index contributed by atoms with van der Waals surface area (Å²) in [5, 5.41) is 2.21. The minimum atomic E-state index is 0.390. The summed E-state index contributed by atoms with van der Waals surface area (Å²) in [6, 6.07) is 2.68. The van der Waals surface area contributed by atoms with E-state index in [1.807, 2.05) is 11.3 Å². The number of aryl methyl sites for hydroxylation is 1. The molecule has 104 valence electrons. The summed E-state index contributed by atoms with van der Waals surface area (Å²) in [7, 11) is 0. The first-order valence-corrected chi connectivity index (χ1v) is 8.64. The van der Waals surface area contributed by atoms with Gasteiger partial charge in [0.05, 0.1) is 6.04 Å². The summed E-state index contributed by atoms with van der Waals surface area (Å²) in [4.78, 5) is 1.44. The first-order chi connectivity index (χ1) is 9.26. The fourth-order valence-corrected chi connectivity index (χ4v) is 6.39. The molecule has 1 aromatic rings. The fraction of sp³-hybridized carbons (Fsp3) is 0.750. The molecule has 0 aliphatic heterocycles. The van der Waals surface area contributed by atoms with Crippen LogP contribution in [0.1, 0.15) is 48.6 Å². The molecule has 1 unspecified atom stereocenters. The van der Waals surface area contributed by atoms with Crippen LogP contribution in [0.2, 0.25) is 0 Å². The molecule has 1 aromatic heterocycles. The van der Waals surface area contributed by atoms with Gasteiger partial charge in [0, 0.05) is 4.88 Å². The third-order valence-corrected chi connectivity index (χ3v) is 6.96. The molecule has 4 bridgehead atoms. The zero-order valence-electron chi connectivity index (χ0n) is 11.6. The van der Waals surface area contributed by atoms with Gasteiger partial charge in [-0.1, -0.05) is 0 Å². The van der Waals surface area contributed by atoms with Crippen LogP contribution in [0.25, 0.3) is 0 Å². The number of hydrazine groups is 1. The normalized spacial score (nSPS) is 41.7. The molecule has 19 heavy (non-hydrogen) atoms. The topological polar surface area (TPSA) is 38.0 Å². The zero-order chi connectivity index (χ0) is 13.0. The van der Waals surface area contributed by atoms with Gasteiger partial charge in [-0.3, -0.25) is 11.3 Å². The zero-order valence-corrected chi connectivity index (χ0v) is 12.5. The van der Waals surface area contributed by atoms with Crippen LogP contribution in [0.5, 0.6) is 0 Å². The van der Waals surface area contributed by atoms with Crippen LogP contribution in [0.15, 0.2) is 11.4 Å². The van der Waals surface area contributed by atoms with Gasteiger partial charge in [-0.2, -0.15) is 0 Å². The molecule has 4 saturated carbocycles. The van der Waals surface area contributed by atoms with Gasteiger partial charge in [0.15, 0.2) is 0 Å². The first kappa shape index (κ1) is 12.4. The largest absolute Gasteiger partial charge is 0.271 e. The first-order valence-electron chi connectivity index (χ1n) is 7.76. The molecule has 0 aromatic carbocycles. The number of hydrogen-bond donors (Lipinski definition) is 2. The molecular formula is C16H24N2S. The predicted octanol–water partition coefficient (Wildman–Crippen LogP) is 3.63. The van der Waals surface area contributed by atoms with Crippen molar-refractivity contribution < 1.29 is 0 Å². The molecule has 0 saturated heterocycles. The van der Waals surface area contributed by atoms with Crippen molar-refractivity contribution in [2.75, 3.05) is 0 Å². The van der Waals surface area contributed by atoms with E-state index in [1.165, 1.54) is 42.5 Å². The summed E-state index contributed by atoms with van der Waals surface area (Å²) in [5.41, 5.74) is 4.64. The van der Waals surface area contributed by atoms with Crippen LogP contribution < -0.4 is 11.3 Å². The average molecular weight is 276 g/mol. The maximum absolute atomic E-state index is 5.97. The van der Waals surface area contributed by atoms with Crippen LogP contribution in [0.3, 0.4) is 0 Å². The van der Waals surface area contributed by atoms with Crippen molar-refractivity contribution in [3.8, 4) is 0 Å². The lowest BCUT2D eigenvalue weighted by molar-refractivity contribution is -0.0525. The van der Waals surface area contributed by atoms with Crippen molar-refractivity contribution in [3.05, 3.63) is 21.9 Å². The minimum absolute atomic E-state index is 0.390. The lowest BCUT2D eigenvalue weighted by atomic mass is 9.50. The van der Waals surface area contributed by atoms with Crippen molar-refractivity contribution >= 4 is 11.3 Å². The molecule has 4 aliphatic rings. The Balaban J connectivity index is 1.66. The third-order valence-electron chi connectivity index (χ3n) is 6.10. The molecule has 5 rings (SSSR count). The lowest BCUT2D eigenvalue weighted by Crippen LogP contribution is -2.50. The van der Waals surface area contributed by atoms with E-state index in [9.17, 15) is 0 Å². The molecule has 2 nitrogen and oxygen atoms in total. The van der Waals surface area contributed by atoms with E-state index in [0.717, 1.165) is 29.6 Å². The van der Waals surface area contributed by atoms with E-state index >= 15 is 0 Å². The molecule has 4 fully saturated rings. The van der Waals surface area contributed by atoms with Crippen LogP contribution in [-0.4, -0.2) is 0 Å². The van der Waals surface area contributed by atoms with Crippen molar-refractivity contribution in [1.29, 1.82) is 0 Å². The highest BCUT2D eigenvalue weighted by molar-refractivity contribution is 7.10. The van der Waals surface area contributed by atoms with Gasteiger partial charge in [0.1, 0.15) is 0 Å². The number of rotatable bonds is 3. The quantitative estimate of drug-likeness (QED) is 0.653. The van der Waals surface area contributed by atoms with Gasteiger partial charge >= 0.3 is 0 Å². The van der Waals surface area contributed by atoms with E-state index < -0.39 is 0 Å². The van der Waals surface area contributed by atoms with Gasteiger partial charge in [-0.15, -0.1) is 11.3 Å². The Labute approximate surface area is 119 Å². The van der Waals surface area contributed by atoms with Crippen LogP contribution in [0, 0.1) is 36.5 Å². The van der Waals surface area contributed by atoms with E-state index in [0.29, 0.717) is 6.04 Å². The van der Waals surface area contributed by atoms with Crippen molar-refractivity contribution in [2.24, 2.45) is 35.4 Å². The smallest absolute Gasteiger partial charge is 0.0504 e. The average Bonchev–Trinajstić information content (AvgIpc) is 2.79. The molecule has 3 N–H and O–H groups in total. The van der Waals surface area contributed by atoms with Crippen LogP contribution >= 0.6 is 11.3 Å². The van der Waals surface area contributed by atoms with E-state index in [4.69, 9.17) is 5.84 Å². The standard InChI is InChI=1S/C16H24N2S/c1-9-14(2-3-19-9)16(18-17)15-12-5-10-4-11(7-12)8-13(15)6-10/h2-3,10-13,15-16,18H,4-8,17H2,1H3. The summed E-state index contributed by atoms with van der Waals surface area (Å²) < 4.78 is 0. The van der Waals surface area contributed by atoms with Gasteiger partial charge in [-0.05, 0) is 85.6 Å². The molecule has 0 radical (unpaired) electrons. The maximum atomic E-state index is 5.97. The monoisotopic (exact) mass is 276 g/mol. The van der Waals surface area contributed by atoms with Crippen molar-refractivity contribution in [2.45, 2.75) is 45.1 Å². The fourth-order valence-electron chi connectivity index (χ4n) is 5.64. The van der Waals surface area contributed by atoms with Gasteiger partial charge < -0.3 is 0 Å². The highest BCUT2D eigenvalue weighted by Crippen LogP contribution is 2.59. The summed E-state index contributed by atoms with van der Waals surface area (Å²) in [5.74, 6) is 10.7. The third kappa shape index (κ3) is 1.90. The Morgan fingerprint density at radius 1 is 1.16 bits per heavy atom. The SMILES string of the molecule is Cc1sccc1C(NN)C1C2CC3CC(C2)CC1C3. The Kier molecular flexibility index (Phi) is 2.98. The molecule has 1 atom stereocenters. The van der Waals surface area contributed by atoms with E-state index in [2.05, 4.69) is 23.8 Å². The molecule has 0 spiro atoms. The van der Waals surface area contributed by atoms with Gasteiger partial charge in [-0.25, -0.2) is 0 Å². The Hall–Kier alpha value is -0.380. The second-order valence-electron chi connectivity index (χ2n) is 7.08. The Morgan fingerprint density at radius 3 is 2.26 bits per heavy atom. The number of nitrogens with two attached hydrogens (primary N) is 1. The van der Waals surface area contributed by atoms with Gasteiger partial charge in [0.25, 0.3) is 0 Å². The highest BCUT2D eigenvalue weighted by atomic mass is 32.1. The number of hydrogen-bond acceptors (Lipinski definition) is 3. The van der Waals surface area contributed by atoms with E-state index in [1.54, 1.807) is 0 Å². The molecular weight excluding hydrogens is 252 g/mol. The molecule has 3 heteroatoms. The summed E-state index contributed by atoms with van der Waals surface area (Å²) in [6.45, 7) is 2.24. The highest BCUT2D eigenvalue weighted by Gasteiger charge is 2.50. The van der Waals surface area contributed by atoms with Crippen LogP contribution in [-0.2, 0) is 0 Å². The van der Waals surface area contributed by atoms with E-state index in [-0.39, 0.29) is 0 Å².